The zero-order chi connectivity index (χ0) is 14.8. The third-order valence-corrected chi connectivity index (χ3v) is 3.58. The van der Waals surface area contributed by atoms with Crippen LogP contribution < -0.4 is 15.1 Å². The summed E-state index contributed by atoms with van der Waals surface area (Å²) in [4.78, 5) is 17.2. The van der Waals surface area contributed by atoms with E-state index in [2.05, 4.69) is 25.2 Å². The Morgan fingerprint density at radius 2 is 1.95 bits per heavy atom. The van der Waals surface area contributed by atoms with Crippen LogP contribution in [0.4, 0.5) is 17.8 Å². The van der Waals surface area contributed by atoms with Gasteiger partial charge in [-0.3, -0.25) is 0 Å². The van der Waals surface area contributed by atoms with Crippen LogP contribution >= 0.6 is 0 Å². The number of anilines is 3. The first-order valence-electron chi connectivity index (χ1n) is 7.00. The Morgan fingerprint density at radius 1 is 1.20 bits per heavy atom. The van der Waals surface area contributed by atoms with Crippen LogP contribution in [0.15, 0.2) is 0 Å². The van der Waals surface area contributed by atoms with E-state index in [1.165, 1.54) is 0 Å². The highest BCUT2D eigenvalue weighted by Crippen LogP contribution is 2.24. The van der Waals surface area contributed by atoms with Gasteiger partial charge in [0.1, 0.15) is 0 Å². The van der Waals surface area contributed by atoms with E-state index in [0.29, 0.717) is 17.8 Å². The van der Waals surface area contributed by atoms with Crippen LogP contribution in [-0.4, -0.2) is 59.9 Å². The lowest BCUT2D eigenvalue weighted by Gasteiger charge is -2.23. The predicted molar refractivity (Wildman–Crippen MR) is 80.4 cm³/mol. The highest BCUT2D eigenvalue weighted by molar-refractivity contribution is 5.44. The fraction of sp³-hybridized carbons (Fsp3) is 0.769. The van der Waals surface area contributed by atoms with Gasteiger partial charge in [-0.25, -0.2) is 0 Å². The van der Waals surface area contributed by atoms with E-state index >= 15 is 0 Å². The first-order valence-corrected chi connectivity index (χ1v) is 7.00. The number of aromatic nitrogens is 3. The molecule has 1 fully saturated rings. The van der Waals surface area contributed by atoms with E-state index < -0.39 is 5.60 Å². The fourth-order valence-corrected chi connectivity index (χ4v) is 2.27. The predicted octanol–water partition coefficient (Wildman–Crippen LogP) is 0.721. The van der Waals surface area contributed by atoms with Crippen molar-refractivity contribution in [2.45, 2.75) is 31.8 Å². The molecular weight excluding hydrogens is 256 g/mol. The first-order chi connectivity index (χ1) is 9.41. The van der Waals surface area contributed by atoms with Gasteiger partial charge in [-0.05, 0) is 26.2 Å². The molecule has 2 heterocycles. The lowest BCUT2D eigenvalue weighted by molar-refractivity contribution is 0.0481. The zero-order valence-electron chi connectivity index (χ0n) is 12.7. The third-order valence-electron chi connectivity index (χ3n) is 3.58. The Balaban J connectivity index is 2.25. The Labute approximate surface area is 120 Å². The Kier molecular flexibility index (Phi) is 4.27. The largest absolute Gasteiger partial charge is 0.390 e. The molecule has 0 amide bonds. The fourth-order valence-electron chi connectivity index (χ4n) is 2.27. The molecule has 1 saturated heterocycles. The highest BCUT2D eigenvalue weighted by atomic mass is 16.3. The van der Waals surface area contributed by atoms with Crippen LogP contribution in [0.2, 0.25) is 0 Å². The molecule has 1 unspecified atom stereocenters. The maximum atomic E-state index is 10.2. The summed E-state index contributed by atoms with van der Waals surface area (Å²) in [5, 5.41) is 13.1. The molecule has 1 aliphatic rings. The van der Waals surface area contributed by atoms with Crippen LogP contribution in [0.5, 0.6) is 0 Å². The maximum Gasteiger partial charge on any atom is 0.231 e. The van der Waals surface area contributed by atoms with Crippen molar-refractivity contribution in [1.29, 1.82) is 0 Å². The quantitative estimate of drug-likeness (QED) is 0.844. The maximum absolute atomic E-state index is 10.2. The van der Waals surface area contributed by atoms with Gasteiger partial charge >= 0.3 is 0 Å². The minimum atomic E-state index is -0.585. The van der Waals surface area contributed by atoms with Gasteiger partial charge in [-0.15, -0.1) is 0 Å². The van der Waals surface area contributed by atoms with Crippen LogP contribution in [0.25, 0.3) is 0 Å². The number of hydrogen-bond acceptors (Lipinski definition) is 7. The van der Waals surface area contributed by atoms with Gasteiger partial charge in [0.2, 0.25) is 17.8 Å². The molecule has 0 bridgehead atoms. The molecule has 2 N–H and O–H groups in total. The van der Waals surface area contributed by atoms with E-state index in [1.807, 2.05) is 25.9 Å². The second kappa shape index (κ2) is 5.78. The van der Waals surface area contributed by atoms with Gasteiger partial charge in [0, 0.05) is 34.2 Å². The molecule has 0 aliphatic carbocycles. The third kappa shape index (κ3) is 3.47. The lowest BCUT2D eigenvalue weighted by Crippen LogP contribution is -2.30. The summed E-state index contributed by atoms with van der Waals surface area (Å²) < 4.78 is 0. The highest BCUT2D eigenvalue weighted by Gasteiger charge is 2.26. The van der Waals surface area contributed by atoms with E-state index in [4.69, 9.17) is 0 Å². The second-order valence-electron chi connectivity index (χ2n) is 5.74. The average Bonchev–Trinajstić information content (AvgIpc) is 2.59. The van der Waals surface area contributed by atoms with Crippen LogP contribution in [0.3, 0.4) is 0 Å². The van der Waals surface area contributed by atoms with Crippen molar-refractivity contribution < 1.29 is 5.11 Å². The summed E-state index contributed by atoms with van der Waals surface area (Å²) in [5.74, 6) is 1.87. The Morgan fingerprint density at radius 3 is 2.60 bits per heavy atom. The van der Waals surface area contributed by atoms with Gasteiger partial charge in [0.15, 0.2) is 0 Å². The molecule has 7 heteroatoms. The second-order valence-corrected chi connectivity index (χ2v) is 5.74. The van der Waals surface area contributed by atoms with Crippen molar-refractivity contribution in [2.24, 2.45) is 0 Å². The normalized spacial score (nSPS) is 23.4. The smallest absolute Gasteiger partial charge is 0.231 e. The zero-order valence-corrected chi connectivity index (χ0v) is 12.7. The number of rotatable bonds is 3. The summed E-state index contributed by atoms with van der Waals surface area (Å²) in [6, 6.07) is 0. The van der Waals surface area contributed by atoms with Crippen molar-refractivity contribution >= 4 is 17.8 Å². The molecule has 0 saturated carbocycles. The molecule has 1 aromatic heterocycles. The SMILES string of the molecule is CNc1nc(N(C)C)nc(N2CCCC(C)(O)CC2)n1. The number of nitrogens with zero attached hydrogens (tertiary/aromatic N) is 5. The van der Waals surface area contributed by atoms with E-state index in [1.54, 1.807) is 7.05 Å². The summed E-state index contributed by atoms with van der Waals surface area (Å²) in [5.41, 5.74) is -0.585. The lowest BCUT2D eigenvalue weighted by atomic mass is 9.98. The molecule has 7 nitrogen and oxygen atoms in total. The van der Waals surface area contributed by atoms with Gasteiger partial charge in [-0.2, -0.15) is 15.0 Å². The van der Waals surface area contributed by atoms with Gasteiger partial charge in [0.05, 0.1) is 5.60 Å². The standard InChI is InChI=1S/C13H24N6O/c1-13(20)6-5-8-19(9-7-13)12-16-10(14-2)15-11(17-12)18(3)4/h20H,5-9H2,1-4H3,(H,14,15,16,17). The topological polar surface area (TPSA) is 77.4 Å². The van der Waals surface area contributed by atoms with Crippen molar-refractivity contribution in [3.8, 4) is 0 Å². The first kappa shape index (κ1) is 14.8. The van der Waals surface area contributed by atoms with Crippen LogP contribution in [-0.2, 0) is 0 Å². The minimum absolute atomic E-state index is 0.565. The Bertz CT molecular complexity index is 462. The van der Waals surface area contributed by atoms with E-state index in [0.717, 1.165) is 32.4 Å². The van der Waals surface area contributed by atoms with Crippen molar-refractivity contribution in [2.75, 3.05) is 49.3 Å². The molecule has 0 spiro atoms. The molecule has 1 atom stereocenters. The number of aliphatic hydroxyl groups is 1. The van der Waals surface area contributed by atoms with Gasteiger partial charge in [0.25, 0.3) is 0 Å². The van der Waals surface area contributed by atoms with Crippen LogP contribution in [0, 0.1) is 0 Å². The number of hydrogen-bond donors (Lipinski definition) is 2. The molecule has 0 radical (unpaired) electrons. The Hall–Kier alpha value is -1.63. The summed E-state index contributed by atoms with van der Waals surface area (Å²) in [7, 11) is 5.61. The summed E-state index contributed by atoms with van der Waals surface area (Å²) >= 11 is 0. The van der Waals surface area contributed by atoms with Crippen molar-refractivity contribution in [1.82, 2.24) is 15.0 Å². The van der Waals surface area contributed by atoms with E-state index in [-0.39, 0.29) is 0 Å². The molecule has 2 rings (SSSR count). The number of nitrogens with one attached hydrogen (secondary N) is 1. The van der Waals surface area contributed by atoms with E-state index in [9.17, 15) is 5.11 Å². The van der Waals surface area contributed by atoms with Crippen molar-refractivity contribution in [3.05, 3.63) is 0 Å². The summed E-state index contributed by atoms with van der Waals surface area (Å²) in [6.07, 6.45) is 2.48. The molecule has 1 aromatic rings. The van der Waals surface area contributed by atoms with Crippen molar-refractivity contribution in [3.63, 3.8) is 0 Å². The van der Waals surface area contributed by atoms with Crippen LogP contribution in [0.1, 0.15) is 26.2 Å². The summed E-state index contributed by atoms with van der Waals surface area (Å²) in [6.45, 7) is 3.51. The molecule has 20 heavy (non-hydrogen) atoms. The molecular formula is C13H24N6O. The van der Waals surface area contributed by atoms with Gasteiger partial charge in [-0.1, -0.05) is 0 Å². The molecule has 112 valence electrons. The minimum Gasteiger partial charge on any atom is -0.390 e. The molecule has 0 aromatic carbocycles. The van der Waals surface area contributed by atoms with Gasteiger partial charge < -0.3 is 20.2 Å². The average molecular weight is 280 g/mol. The molecule has 1 aliphatic heterocycles. The monoisotopic (exact) mass is 280 g/mol.